The quantitative estimate of drug-likeness (QED) is 0.909. The summed E-state index contributed by atoms with van der Waals surface area (Å²) in [4.78, 5) is 23.4. The van der Waals surface area contributed by atoms with Gasteiger partial charge in [-0.3, -0.25) is 9.59 Å². The molecule has 116 valence electrons. The highest BCUT2D eigenvalue weighted by molar-refractivity contribution is 6.00. The summed E-state index contributed by atoms with van der Waals surface area (Å²) in [5.74, 6) is -1.03. The SMILES string of the molecule is CC(C)(C)NC(=O)c1cc2ccccc2cc1CCC(=O)O. The van der Waals surface area contributed by atoms with Crippen molar-refractivity contribution >= 4 is 22.6 Å². The zero-order chi connectivity index (χ0) is 16.3. The van der Waals surface area contributed by atoms with E-state index in [1.54, 1.807) is 0 Å². The van der Waals surface area contributed by atoms with E-state index in [1.807, 2.05) is 57.2 Å². The first kappa shape index (κ1) is 16.0. The van der Waals surface area contributed by atoms with Gasteiger partial charge in [0.1, 0.15) is 0 Å². The van der Waals surface area contributed by atoms with Gasteiger partial charge in [-0.2, -0.15) is 0 Å². The maximum absolute atomic E-state index is 12.5. The normalized spacial score (nSPS) is 11.4. The Morgan fingerprint density at radius 1 is 1.09 bits per heavy atom. The van der Waals surface area contributed by atoms with Gasteiger partial charge in [0.05, 0.1) is 0 Å². The van der Waals surface area contributed by atoms with E-state index in [2.05, 4.69) is 5.32 Å². The zero-order valence-electron chi connectivity index (χ0n) is 13.1. The Morgan fingerprint density at radius 2 is 1.68 bits per heavy atom. The van der Waals surface area contributed by atoms with Crippen molar-refractivity contribution in [2.45, 2.75) is 39.2 Å². The van der Waals surface area contributed by atoms with Crippen LogP contribution in [0.5, 0.6) is 0 Å². The molecule has 0 spiro atoms. The van der Waals surface area contributed by atoms with Gasteiger partial charge in [-0.1, -0.05) is 30.3 Å². The standard InChI is InChI=1S/C18H21NO3/c1-18(2,3)19-17(22)15-11-13-7-5-4-6-12(13)10-14(15)8-9-16(20)21/h4-7,10-11H,8-9H2,1-3H3,(H,19,22)(H,20,21). The lowest BCUT2D eigenvalue weighted by Crippen LogP contribution is -2.41. The summed E-state index contributed by atoms with van der Waals surface area (Å²) < 4.78 is 0. The molecule has 0 saturated carbocycles. The van der Waals surface area contributed by atoms with Crippen LogP contribution in [0.2, 0.25) is 0 Å². The Morgan fingerprint density at radius 3 is 2.23 bits per heavy atom. The number of carboxylic acids is 1. The molecule has 0 saturated heterocycles. The van der Waals surface area contributed by atoms with E-state index < -0.39 is 5.97 Å². The minimum Gasteiger partial charge on any atom is -0.481 e. The summed E-state index contributed by atoms with van der Waals surface area (Å²) in [6.45, 7) is 5.76. The van der Waals surface area contributed by atoms with Crippen LogP contribution in [0.15, 0.2) is 36.4 Å². The Labute approximate surface area is 130 Å². The highest BCUT2D eigenvalue weighted by Gasteiger charge is 2.19. The van der Waals surface area contributed by atoms with Gasteiger partial charge in [0.2, 0.25) is 0 Å². The average Bonchev–Trinajstić information content (AvgIpc) is 2.42. The molecule has 2 aromatic rings. The van der Waals surface area contributed by atoms with Crippen molar-refractivity contribution in [1.29, 1.82) is 0 Å². The molecule has 0 atom stereocenters. The first-order valence-electron chi connectivity index (χ1n) is 7.32. The second kappa shape index (κ2) is 6.18. The second-order valence-electron chi connectivity index (χ2n) is 6.45. The van der Waals surface area contributed by atoms with Crippen LogP contribution < -0.4 is 5.32 Å². The number of carbonyl (C=O) groups is 2. The zero-order valence-corrected chi connectivity index (χ0v) is 13.1. The number of fused-ring (bicyclic) bond motifs is 1. The third-order valence-electron chi connectivity index (χ3n) is 3.31. The number of carboxylic acid groups (broad SMARTS) is 1. The van der Waals surface area contributed by atoms with Crippen molar-refractivity contribution in [2.75, 3.05) is 0 Å². The van der Waals surface area contributed by atoms with Crippen LogP contribution in [-0.4, -0.2) is 22.5 Å². The molecule has 0 fully saturated rings. The number of hydrogen-bond donors (Lipinski definition) is 2. The molecule has 0 unspecified atom stereocenters. The van der Waals surface area contributed by atoms with Gasteiger partial charge in [0.15, 0.2) is 0 Å². The predicted molar refractivity (Wildman–Crippen MR) is 87.1 cm³/mol. The molecule has 4 heteroatoms. The predicted octanol–water partition coefficient (Wildman–Crippen LogP) is 3.39. The van der Waals surface area contributed by atoms with E-state index in [9.17, 15) is 9.59 Å². The van der Waals surface area contributed by atoms with E-state index in [0.29, 0.717) is 12.0 Å². The number of nitrogens with one attached hydrogen (secondary N) is 1. The third-order valence-corrected chi connectivity index (χ3v) is 3.31. The smallest absolute Gasteiger partial charge is 0.303 e. The van der Waals surface area contributed by atoms with Gasteiger partial charge >= 0.3 is 5.97 Å². The molecular formula is C18H21NO3. The fourth-order valence-electron chi connectivity index (χ4n) is 2.36. The Bertz CT molecular complexity index is 714. The van der Waals surface area contributed by atoms with Crippen LogP contribution in [0.4, 0.5) is 0 Å². The number of aryl methyl sites for hydroxylation is 1. The molecule has 2 N–H and O–H groups in total. The van der Waals surface area contributed by atoms with Crippen molar-refractivity contribution in [3.05, 3.63) is 47.5 Å². The van der Waals surface area contributed by atoms with Crippen LogP contribution in [0.3, 0.4) is 0 Å². The first-order valence-corrected chi connectivity index (χ1v) is 7.32. The summed E-state index contributed by atoms with van der Waals surface area (Å²) in [6.07, 6.45) is 0.348. The summed E-state index contributed by atoms with van der Waals surface area (Å²) >= 11 is 0. The highest BCUT2D eigenvalue weighted by atomic mass is 16.4. The Kier molecular flexibility index (Phi) is 4.50. The second-order valence-corrected chi connectivity index (χ2v) is 6.45. The van der Waals surface area contributed by atoms with Gasteiger partial charge in [-0.25, -0.2) is 0 Å². The van der Waals surface area contributed by atoms with E-state index >= 15 is 0 Å². The molecule has 0 aliphatic heterocycles. The van der Waals surface area contributed by atoms with Gasteiger partial charge < -0.3 is 10.4 Å². The summed E-state index contributed by atoms with van der Waals surface area (Å²) in [6, 6.07) is 11.5. The first-order chi connectivity index (χ1) is 10.3. The molecule has 0 aliphatic rings. The number of hydrogen-bond acceptors (Lipinski definition) is 2. The maximum Gasteiger partial charge on any atom is 0.303 e. The fraction of sp³-hybridized carbons (Fsp3) is 0.333. The number of aliphatic carboxylic acids is 1. The molecule has 0 radical (unpaired) electrons. The molecule has 4 nitrogen and oxygen atoms in total. The van der Waals surface area contributed by atoms with Crippen molar-refractivity contribution in [1.82, 2.24) is 5.32 Å². The summed E-state index contributed by atoms with van der Waals surface area (Å²) in [7, 11) is 0. The monoisotopic (exact) mass is 299 g/mol. The third kappa shape index (κ3) is 4.07. The molecule has 2 aromatic carbocycles. The molecular weight excluding hydrogens is 278 g/mol. The number of amides is 1. The van der Waals surface area contributed by atoms with Crippen LogP contribution >= 0.6 is 0 Å². The lowest BCUT2D eigenvalue weighted by atomic mass is 9.96. The average molecular weight is 299 g/mol. The molecule has 1 amide bonds. The minimum atomic E-state index is -0.865. The van der Waals surface area contributed by atoms with E-state index in [1.165, 1.54) is 0 Å². The summed E-state index contributed by atoms with van der Waals surface area (Å²) in [5.41, 5.74) is 0.977. The van der Waals surface area contributed by atoms with Crippen LogP contribution in [-0.2, 0) is 11.2 Å². The van der Waals surface area contributed by atoms with Crippen LogP contribution in [0.1, 0.15) is 43.1 Å². The van der Waals surface area contributed by atoms with Gasteiger partial charge in [-0.05, 0) is 49.6 Å². The number of rotatable bonds is 4. The van der Waals surface area contributed by atoms with Crippen molar-refractivity contribution in [2.24, 2.45) is 0 Å². The van der Waals surface area contributed by atoms with E-state index in [-0.39, 0.29) is 17.9 Å². The van der Waals surface area contributed by atoms with Crippen molar-refractivity contribution in [3.63, 3.8) is 0 Å². The number of benzene rings is 2. The van der Waals surface area contributed by atoms with E-state index in [0.717, 1.165) is 16.3 Å². The molecule has 22 heavy (non-hydrogen) atoms. The molecule has 2 rings (SSSR count). The molecule has 0 bridgehead atoms. The Hall–Kier alpha value is -2.36. The van der Waals surface area contributed by atoms with Gasteiger partial charge in [-0.15, -0.1) is 0 Å². The fourth-order valence-corrected chi connectivity index (χ4v) is 2.36. The van der Waals surface area contributed by atoms with Gasteiger partial charge in [0, 0.05) is 17.5 Å². The molecule has 0 aromatic heterocycles. The molecule has 0 heterocycles. The van der Waals surface area contributed by atoms with Gasteiger partial charge in [0.25, 0.3) is 5.91 Å². The molecule has 0 aliphatic carbocycles. The maximum atomic E-state index is 12.5. The topological polar surface area (TPSA) is 66.4 Å². The van der Waals surface area contributed by atoms with Crippen LogP contribution in [0, 0.1) is 0 Å². The minimum absolute atomic E-state index is 0.00807. The van der Waals surface area contributed by atoms with E-state index in [4.69, 9.17) is 5.11 Å². The van der Waals surface area contributed by atoms with Crippen molar-refractivity contribution < 1.29 is 14.7 Å². The Balaban J connectivity index is 2.45. The lowest BCUT2D eigenvalue weighted by molar-refractivity contribution is -0.136. The summed E-state index contributed by atoms with van der Waals surface area (Å²) in [5, 5.41) is 13.8. The van der Waals surface area contributed by atoms with Crippen molar-refractivity contribution in [3.8, 4) is 0 Å². The lowest BCUT2D eigenvalue weighted by Gasteiger charge is -2.22. The largest absolute Gasteiger partial charge is 0.481 e. The highest BCUT2D eigenvalue weighted by Crippen LogP contribution is 2.22. The van der Waals surface area contributed by atoms with Crippen LogP contribution in [0.25, 0.3) is 10.8 Å². The number of carbonyl (C=O) groups excluding carboxylic acids is 1.